The maximum absolute atomic E-state index is 6.13. The summed E-state index contributed by atoms with van der Waals surface area (Å²) in [5.74, 6) is 0. The Labute approximate surface area is 122 Å². The van der Waals surface area contributed by atoms with Crippen LogP contribution in [0.4, 0.5) is 0 Å². The summed E-state index contributed by atoms with van der Waals surface area (Å²) in [6.07, 6.45) is 7.62. The quantitative estimate of drug-likeness (QED) is 0.786. The third-order valence-electron chi connectivity index (χ3n) is 4.62. The van der Waals surface area contributed by atoms with Gasteiger partial charge < -0.3 is 5.73 Å². The molecule has 0 fully saturated rings. The summed E-state index contributed by atoms with van der Waals surface area (Å²) in [5.41, 5.74) is 8.04. The van der Waals surface area contributed by atoms with Crippen LogP contribution in [0, 0.1) is 5.41 Å². The zero-order valence-electron chi connectivity index (χ0n) is 12.3. The number of hydrogen-bond donors (Lipinski definition) is 1. The van der Waals surface area contributed by atoms with Crippen molar-refractivity contribution in [2.75, 3.05) is 6.54 Å². The number of fused-ring (bicyclic) bond motifs is 1. The van der Waals surface area contributed by atoms with Crippen LogP contribution in [0.2, 0.25) is 0 Å². The molecule has 2 heteroatoms. The molecule has 0 aromatic heterocycles. The van der Waals surface area contributed by atoms with Gasteiger partial charge >= 0.3 is 0 Å². The monoisotopic (exact) mass is 277 g/mol. The predicted molar refractivity (Wildman–Crippen MR) is 85.7 cm³/mol. The number of nitrogens with two attached hydrogens (primary N) is 1. The van der Waals surface area contributed by atoms with Gasteiger partial charge in [0.2, 0.25) is 0 Å². The van der Waals surface area contributed by atoms with Gasteiger partial charge in [-0.15, -0.1) is 11.8 Å². The van der Waals surface area contributed by atoms with Crippen molar-refractivity contribution >= 4 is 11.8 Å². The molecule has 0 spiro atoms. The summed E-state index contributed by atoms with van der Waals surface area (Å²) in [4.78, 5) is 1.49. The van der Waals surface area contributed by atoms with Crippen LogP contribution >= 0.6 is 11.8 Å². The van der Waals surface area contributed by atoms with Crippen LogP contribution in [-0.2, 0) is 6.42 Å². The molecule has 0 saturated heterocycles. The van der Waals surface area contributed by atoms with Crippen LogP contribution < -0.4 is 5.73 Å². The molecule has 2 unspecified atom stereocenters. The maximum Gasteiger partial charge on any atom is 0.0141 e. The minimum Gasteiger partial charge on any atom is -0.330 e. The largest absolute Gasteiger partial charge is 0.330 e. The second-order valence-corrected chi connectivity index (χ2v) is 7.26. The van der Waals surface area contributed by atoms with Crippen molar-refractivity contribution in [3.8, 4) is 0 Å². The average molecular weight is 277 g/mol. The van der Waals surface area contributed by atoms with Gasteiger partial charge in [0.1, 0.15) is 0 Å². The van der Waals surface area contributed by atoms with E-state index in [9.17, 15) is 0 Å². The summed E-state index contributed by atoms with van der Waals surface area (Å²) in [6, 6.07) is 8.86. The van der Waals surface area contributed by atoms with E-state index in [1.807, 2.05) is 0 Å². The van der Waals surface area contributed by atoms with Gasteiger partial charge in [0.05, 0.1) is 0 Å². The summed E-state index contributed by atoms with van der Waals surface area (Å²) in [5, 5.41) is 0.734. The Hall–Kier alpha value is -0.470. The zero-order chi connectivity index (χ0) is 13.7. The number of benzene rings is 1. The van der Waals surface area contributed by atoms with E-state index in [2.05, 4.69) is 49.9 Å². The summed E-state index contributed by atoms with van der Waals surface area (Å²) in [6.45, 7) is 5.43. The third-order valence-corrected chi connectivity index (χ3v) is 5.94. The molecule has 1 aromatic carbocycles. The first kappa shape index (κ1) is 14.9. The molecule has 0 aliphatic carbocycles. The molecule has 0 bridgehead atoms. The highest BCUT2D eigenvalue weighted by molar-refractivity contribution is 8.00. The molecular formula is C17H27NS. The van der Waals surface area contributed by atoms with E-state index in [4.69, 9.17) is 5.73 Å². The molecule has 2 rings (SSSR count). The van der Waals surface area contributed by atoms with Gasteiger partial charge in [0, 0.05) is 10.1 Å². The van der Waals surface area contributed by atoms with Crippen LogP contribution in [0.1, 0.15) is 51.5 Å². The number of thioether (sulfide) groups is 1. The minimum absolute atomic E-state index is 0.371. The van der Waals surface area contributed by atoms with Gasteiger partial charge in [-0.1, -0.05) is 44.9 Å². The lowest BCUT2D eigenvalue weighted by Gasteiger charge is -2.34. The number of hydrogen-bond acceptors (Lipinski definition) is 2. The second-order valence-electron chi connectivity index (χ2n) is 5.92. The smallest absolute Gasteiger partial charge is 0.0141 e. The first-order valence-corrected chi connectivity index (χ1v) is 8.55. The van der Waals surface area contributed by atoms with Gasteiger partial charge in [0.15, 0.2) is 0 Å². The molecule has 106 valence electrons. The van der Waals surface area contributed by atoms with Crippen molar-refractivity contribution in [3.05, 3.63) is 29.8 Å². The molecular weight excluding hydrogens is 250 g/mol. The summed E-state index contributed by atoms with van der Waals surface area (Å²) >= 11 is 2.07. The van der Waals surface area contributed by atoms with E-state index in [1.54, 1.807) is 0 Å². The fourth-order valence-corrected chi connectivity index (χ4v) is 4.67. The van der Waals surface area contributed by atoms with Crippen molar-refractivity contribution in [2.24, 2.45) is 11.1 Å². The van der Waals surface area contributed by atoms with Crippen LogP contribution in [0.15, 0.2) is 29.2 Å². The molecule has 0 saturated carbocycles. The van der Waals surface area contributed by atoms with E-state index < -0.39 is 0 Å². The van der Waals surface area contributed by atoms with Crippen LogP contribution in [0.3, 0.4) is 0 Å². The number of rotatable bonds is 7. The van der Waals surface area contributed by atoms with E-state index in [0.29, 0.717) is 5.41 Å². The highest BCUT2D eigenvalue weighted by Gasteiger charge is 2.32. The molecule has 1 aliphatic heterocycles. The SMILES string of the molecule is CCCCC(CC)(CN)CC1Cc2ccccc2S1. The molecule has 1 aliphatic rings. The highest BCUT2D eigenvalue weighted by atomic mass is 32.2. The Morgan fingerprint density at radius 2 is 2.11 bits per heavy atom. The van der Waals surface area contributed by atoms with Crippen LogP contribution in [-0.4, -0.2) is 11.8 Å². The molecule has 0 radical (unpaired) electrons. The standard InChI is InChI=1S/C17H27NS/c1-3-5-10-17(4-2,13-18)12-15-11-14-8-6-7-9-16(14)19-15/h6-9,15H,3-5,10-13,18H2,1-2H3. The Balaban J connectivity index is 2.00. The van der Waals surface area contributed by atoms with Crippen LogP contribution in [0.5, 0.6) is 0 Å². The van der Waals surface area contributed by atoms with Crippen molar-refractivity contribution < 1.29 is 0 Å². The molecule has 2 N–H and O–H groups in total. The fourth-order valence-electron chi connectivity index (χ4n) is 3.16. The highest BCUT2D eigenvalue weighted by Crippen LogP contribution is 2.44. The Kier molecular flexibility index (Phi) is 5.35. The lowest BCUT2D eigenvalue weighted by molar-refractivity contribution is 0.230. The summed E-state index contributed by atoms with van der Waals surface area (Å²) < 4.78 is 0. The molecule has 1 nitrogen and oxygen atoms in total. The first-order chi connectivity index (χ1) is 9.23. The Morgan fingerprint density at radius 3 is 2.74 bits per heavy atom. The van der Waals surface area contributed by atoms with Gasteiger partial charge in [-0.05, 0) is 49.3 Å². The lowest BCUT2D eigenvalue weighted by atomic mass is 9.76. The summed E-state index contributed by atoms with van der Waals surface area (Å²) in [7, 11) is 0. The van der Waals surface area contributed by atoms with Gasteiger partial charge in [-0.3, -0.25) is 0 Å². The molecule has 2 atom stereocenters. The molecule has 1 aromatic rings. The molecule has 19 heavy (non-hydrogen) atoms. The van der Waals surface area contributed by atoms with Crippen molar-refractivity contribution in [1.82, 2.24) is 0 Å². The van der Waals surface area contributed by atoms with Crippen molar-refractivity contribution in [3.63, 3.8) is 0 Å². The number of unbranched alkanes of at least 4 members (excludes halogenated alkanes) is 1. The molecule has 0 amide bonds. The second kappa shape index (κ2) is 6.81. The lowest BCUT2D eigenvalue weighted by Crippen LogP contribution is -2.33. The topological polar surface area (TPSA) is 26.0 Å². The normalized spacial score (nSPS) is 21.1. The average Bonchev–Trinajstić information content (AvgIpc) is 2.85. The first-order valence-electron chi connectivity index (χ1n) is 7.67. The van der Waals surface area contributed by atoms with Crippen molar-refractivity contribution in [2.45, 2.75) is 62.5 Å². The fraction of sp³-hybridized carbons (Fsp3) is 0.647. The Morgan fingerprint density at radius 1 is 1.32 bits per heavy atom. The van der Waals surface area contributed by atoms with Crippen molar-refractivity contribution in [1.29, 1.82) is 0 Å². The van der Waals surface area contributed by atoms with E-state index in [-0.39, 0.29) is 0 Å². The molecule has 1 heterocycles. The minimum atomic E-state index is 0.371. The van der Waals surface area contributed by atoms with Gasteiger partial charge in [0.25, 0.3) is 0 Å². The van der Waals surface area contributed by atoms with E-state index in [1.165, 1.54) is 49.0 Å². The maximum atomic E-state index is 6.13. The van der Waals surface area contributed by atoms with Gasteiger partial charge in [-0.2, -0.15) is 0 Å². The van der Waals surface area contributed by atoms with E-state index in [0.717, 1.165) is 11.8 Å². The zero-order valence-corrected chi connectivity index (χ0v) is 13.1. The van der Waals surface area contributed by atoms with E-state index >= 15 is 0 Å². The Bertz CT molecular complexity index is 373. The van der Waals surface area contributed by atoms with Crippen LogP contribution in [0.25, 0.3) is 0 Å². The predicted octanol–water partition coefficient (Wildman–Crippen LogP) is 4.64. The third kappa shape index (κ3) is 3.55. The van der Waals surface area contributed by atoms with Gasteiger partial charge in [-0.25, -0.2) is 0 Å².